The third kappa shape index (κ3) is 8.19. The maximum Gasteiger partial charge on any atom is 0.326 e. The van der Waals surface area contributed by atoms with Gasteiger partial charge in [-0.25, -0.2) is 13.2 Å². The fourth-order valence-corrected chi connectivity index (χ4v) is 9.89. The molecule has 0 saturated carbocycles. The Labute approximate surface area is 271 Å². The quantitative estimate of drug-likeness (QED) is 0.204. The van der Waals surface area contributed by atoms with Gasteiger partial charge in [0.15, 0.2) is 9.84 Å². The molecule has 4 rings (SSSR count). The van der Waals surface area contributed by atoms with Gasteiger partial charge < -0.3 is 25.2 Å². The summed E-state index contributed by atoms with van der Waals surface area (Å²) in [4.78, 5) is 25.3. The molecule has 0 heterocycles. The second-order valence-corrected chi connectivity index (χ2v) is 17.2. The summed E-state index contributed by atoms with van der Waals surface area (Å²) >= 11 is 13.2. The van der Waals surface area contributed by atoms with Gasteiger partial charge in [0.2, 0.25) is 0 Å². The molecule has 238 valence electrons. The van der Waals surface area contributed by atoms with Gasteiger partial charge >= 0.3 is 5.97 Å². The van der Waals surface area contributed by atoms with Crippen LogP contribution >= 0.6 is 30.3 Å². The molecule has 0 unspecified atom stereocenters. The zero-order valence-electron chi connectivity index (χ0n) is 24.4. The molecule has 1 aliphatic carbocycles. The Balaban J connectivity index is 1.55. The Morgan fingerprint density at radius 2 is 1.56 bits per heavy atom. The molecule has 1 amide bonds. The average molecular weight is 693 g/mol. The number of phenols is 2. The molecule has 2 atom stereocenters. The van der Waals surface area contributed by atoms with Gasteiger partial charge in [0.25, 0.3) is 5.91 Å². The second-order valence-electron chi connectivity index (χ2n) is 11.3. The third-order valence-electron chi connectivity index (χ3n) is 7.63. The van der Waals surface area contributed by atoms with E-state index in [1.807, 2.05) is 6.92 Å². The lowest BCUT2D eigenvalue weighted by Crippen LogP contribution is -2.43. The van der Waals surface area contributed by atoms with E-state index in [9.17, 15) is 37.9 Å². The van der Waals surface area contributed by atoms with Crippen LogP contribution in [0.15, 0.2) is 99.4 Å². The zero-order valence-corrected chi connectivity index (χ0v) is 27.6. The molecule has 0 bridgehead atoms. The van der Waals surface area contributed by atoms with Crippen LogP contribution in [0, 0.1) is 5.41 Å². The summed E-state index contributed by atoms with van der Waals surface area (Å²) in [7, 11) is -6.89. The van der Waals surface area contributed by atoms with Crippen molar-refractivity contribution < 1.29 is 37.9 Å². The van der Waals surface area contributed by atoms with Crippen LogP contribution in [0.3, 0.4) is 0 Å². The Bertz CT molecular complexity index is 1820. The van der Waals surface area contributed by atoms with Gasteiger partial charge in [0.1, 0.15) is 24.7 Å². The summed E-state index contributed by atoms with van der Waals surface area (Å²) in [5, 5.41) is 33.4. The van der Waals surface area contributed by atoms with E-state index < -0.39 is 40.3 Å². The van der Waals surface area contributed by atoms with Crippen LogP contribution in [0.2, 0.25) is 0 Å². The summed E-state index contributed by atoms with van der Waals surface area (Å²) < 4.78 is 38.4. The highest BCUT2D eigenvalue weighted by atomic mass is 35.5. The number of hydrogen-bond donors (Lipinski definition) is 4. The van der Waals surface area contributed by atoms with E-state index in [0.717, 1.165) is 6.26 Å². The molecule has 9 nitrogen and oxygen atoms in total. The van der Waals surface area contributed by atoms with Gasteiger partial charge in [-0.1, -0.05) is 72.6 Å². The molecule has 0 radical (unpaired) electrons. The summed E-state index contributed by atoms with van der Waals surface area (Å²) in [5.74, 6) is -2.24. The first-order valence-corrected chi connectivity index (χ1v) is 18.3. The number of rotatable bonds is 11. The van der Waals surface area contributed by atoms with Crippen molar-refractivity contribution in [1.29, 1.82) is 0 Å². The fraction of sp³-hybridized carbons (Fsp3) is 0.250. The number of carboxylic acids is 1. The van der Waals surface area contributed by atoms with Gasteiger partial charge in [-0.3, -0.25) is 4.79 Å². The summed E-state index contributed by atoms with van der Waals surface area (Å²) in [6.07, 6.45) is 3.05. The number of hydrogen-bond acceptors (Lipinski definition) is 7. The minimum absolute atomic E-state index is 0.000920. The minimum Gasteiger partial charge on any atom is -0.508 e. The Hall–Kier alpha value is -3.56. The monoisotopic (exact) mass is 691 g/mol. The maximum absolute atomic E-state index is 14.6. The lowest BCUT2D eigenvalue weighted by molar-refractivity contribution is -0.141. The highest BCUT2D eigenvalue weighted by Gasteiger charge is 2.37. The Kier molecular flexibility index (Phi) is 10.2. The number of nitrogens with one attached hydrogen (secondary N) is 1. The van der Waals surface area contributed by atoms with E-state index in [1.54, 1.807) is 36.4 Å². The molecule has 45 heavy (non-hydrogen) atoms. The topological polar surface area (TPSA) is 158 Å². The highest BCUT2D eigenvalue weighted by molar-refractivity contribution is 7.90. The van der Waals surface area contributed by atoms with Crippen molar-refractivity contribution in [3.63, 3.8) is 0 Å². The highest BCUT2D eigenvalue weighted by Crippen LogP contribution is 2.50. The largest absolute Gasteiger partial charge is 0.508 e. The van der Waals surface area contributed by atoms with Gasteiger partial charge in [-0.2, -0.15) is 0 Å². The number of allylic oxidation sites excluding steroid dienone is 2. The van der Waals surface area contributed by atoms with Gasteiger partial charge in [0, 0.05) is 34.5 Å². The van der Waals surface area contributed by atoms with E-state index in [0.29, 0.717) is 22.6 Å². The second kappa shape index (κ2) is 13.4. The molecule has 0 aliphatic heterocycles. The number of phenolic OH excluding ortho intramolecular Hbond substituents is 2. The lowest BCUT2D eigenvalue weighted by Gasteiger charge is -2.33. The van der Waals surface area contributed by atoms with Crippen molar-refractivity contribution in [3.05, 3.63) is 100 Å². The molecule has 0 spiro atoms. The average Bonchev–Trinajstić information content (AvgIpc) is 2.95. The number of benzene rings is 3. The molecule has 0 aromatic heterocycles. The molecule has 1 aliphatic rings. The van der Waals surface area contributed by atoms with Crippen LogP contribution < -0.4 is 15.9 Å². The van der Waals surface area contributed by atoms with Crippen molar-refractivity contribution >= 4 is 62.7 Å². The number of aromatic hydroxyl groups is 2. The van der Waals surface area contributed by atoms with Crippen LogP contribution in [-0.4, -0.2) is 54.1 Å². The van der Waals surface area contributed by atoms with Crippen molar-refractivity contribution in [2.45, 2.75) is 37.1 Å². The van der Waals surface area contributed by atoms with Gasteiger partial charge in [-0.05, 0) is 60.2 Å². The number of carboxylic acid groups (broad SMARTS) is 1. The predicted molar refractivity (Wildman–Crippen MR) is 175 cm³/mol. The lowest BCUT2D eigenvalue weighted by atomic mass is 9.79. The molecule has 0 saturated heterocycles. The van der Waals surface area contributed by atoms with Crippen molar-refractivity contribution in [1.82, 2.24) is 5.32 Å². The molecular formula is C32H32Cl2NO8PS. The van der Waals surface area contributed by atoms with E-state index in [-0.39, 0.29) is 51.0 Å². The van der Waals surface area contributed by atoms with Crippen molar-refractivity contribution in [2.24, 2.45) is 5.41 Å². The number of sulfone groups is 1. The Morgan fingerprint density at radius 1 is 0.978 bits per heavy atom. The number of carbonyl (C=O) groups is 2. The van der Waals surface area contributed by atoms with E-state index >= 15 is 0 Å². The smallest absolute Gasteiger partial charge is 0.326 e. The molecule has 3 aromatic rings. The van der Waals surface area contributed by atoms with E-state index in [1.165, 1.54) is 42.5 Å². The van der Waals surface area contributed by atoms with Crippen LogP contribution in [0.1, 0.15) is 25.3 Å². The first-order chi connectivity index (χ1) is 21.0. The number of amides is 1. The van der Waals surface area contributed by atoms with Crippen LogP contribution in [0.25, 0.3) is 0 Å². The van der Waals surface area contributed by atoms with Crippen molar-refractivity contribution in [2.75, 3.05) is 12.4 Å². The number of halogens is 2. The normalized spacial score (nSPS) is 17.8. The van der Waals surface area contributed by atoms with Crippen LogP contribution in [0.4, 0.5) is 0 Å². The number of aliphatic carboxylic acids is 1. The van der Waals surface area contributed by atoms with Crippen molar-refractivity contribution in [3.8, 4) is 11.5 Å². The first kappa shape index (κ1) is 34.3. The summed E-state index contributed by atoms with van der Waals surface area (Å²) in [5.41, 5.74) is -0.443. The maximum atomic E-state index is 14.6. The third-order valence-corrected chi connectivity index (χ3v) is 12.4. The number of carbonyl (C=O) groups excluding carboxylic acids is 1. The SMILES string of the molecule is C[C@]1(CCP(=O)(c2cccc(O)c2)c2cccc(O)c2)C=C(Cl)C(C(=O)N[C@@H](Cc2cccc(S(C)(=O)=O)c2)C(=O)O)=C(Cl)C1. The molecule has 4 N–H and O–H groups in total. The van der Waals surface area contributed by atoms with E-state index in [4.69, 9.17) is 23.2 Å². The predicted octanol–water partition coefficient (Wildman–Crippen LogP) is 5.04. The van der Waals surface area contributed by atoms with Crippen LogP contribution in [-0.2, 0) is 30.4 Å². The van der Waals surface area contributed by atoms with E-state index in [2.05, 4.69) is 5.32 Å². The molecule has 0 fully saturated rings. The molecule has 3 aromatic carbocycles. The molecular weight excluding hydrogens is 660 g/mol. The molecule has 13 heteroatoms. The minimum atomic E-state index is -3.52. The fourth-order valence-electron chi connectivity index (χ4n) is 5.22. The summed E-state index contributed by atoms with van der Waals surface area (Å²) in [6, 6.07) is 16.7. The first-order valence-electron chi connectivity index (χ1n) is 13.8. The standard InChI is InChI=1S/C32H32Cl2NO8PS/c1-32(12-13-44(41,23-9-4-7-21(36)16-23)24-10-5-8-22(37)17-24)18-26(33)29(27(34)19-32)30(38)35-28(31(39)40)15-20-6-3-11-25(14-20)45(2,42)43/h3-11,14,16-18,28,36-37H,12-13,15,19H2,1-2H3,(H,35,38)(H,39,40)/t28-,32-/m0/s1. The zero-order chi connectivity index (χ0) is 33.2. The van der Waals surface area contributed by atoms with Gasteiger partial charge in [-0.15, -0.1) is 0 Å². The van der Waals surface area contributed by atoms with Crippen LogP contribution in [0.5, 0.6) is 11.5 Å². The summed E-state index contributed by atoms with van der Waals surface area (Å²) in [6.45, 7) is 1.84. The van der Waals surface area contributed by atoms with Gasteiger partial charge in [0.05, 0.1) is 15.5 Å². The Morgan fingerprint density at radius 3 is 2.07 bits per heavy atom.